The molecule has 5 heteroatoms. The maximum atomic E-state index is 4.54. The summed E-state index contributed by atoms with van der Waals surface area (Å²) in [6, 6.07) is 4.06. The lowest BCUT2D eigenvalue weighted by atomic mass is 10.1. The highest BCUT2D eigenvalue weighted by Crippen LogP contribution is 2.19. The summed E-state index contributed by atoms with van der Waals surface area (Å²) >= 11 is 0. The Bertz CT molecular complexity index is 582. The quantitative estimate of drug-likeness (QED) is 0.880. The van der Waals surface area contributed by atoms with Crippen molar-refractivity contribution in [3.05, 3.63) is 47.2 Å². The van der Waals surface area contributed by atoms with Gasteiger partial charge in [0.05, 0.1) is 5.69 Å². The molecule has 3 rings (SSSR count). The molecule has 104 valence electrons. The van der Waals surface area contributed by atoms with Crippen LogP contribution in [0.15, 0.2) is 24.5 Å². The van der Waals surface area contributed by atoms with E-state index in [1.54, 1.807) is 6.20 Å². The van der Waals surface area contributed by atoms with Gasteiger partial charge >= 0.3 is 0 Å². The molecular weight excluding hydrogens is 250 g/mol. The highest BCUT2D eigenvalue weighted by atomic mass is 15.0. The van der Waals surface area contributed by atoms with Crippen LogP contribution in [0.4, 0.5) is 5.82 Å². The third-order valence-electron chi connectivity index (χ3n) is 3.47. The molecule has 2 aromatic heterocycles. The van der Waals surface area contributed by atoms with Crippen molar-refractivity contribution in [2.75, 3.05) is 18.4 Å². The van der Waals surface area contributed by atoms with Crippen molar-refractivity contribution >= 4 is 5.82 Å². The van der Waals surface area contributed by atoms with Crippen LogP contribution >= 0.6 is 0 Å². The first-order valence-corrected chi connectivity index (χ1v) is 7.03. The van der Waals surface area contributed by atoms with Crippen molar-refractivity contribution in [3.63, 3.8) is 0 Å². The van der Waals surface area contributed by atoms with Crippen molar-refractivity contribution in [1.82, 2.24) is 20.3 Å². The van der Waals surface area contributed by atoms with Crippen LogP contribution in [0.2, 0.25) is 0 Å². The Labute approximate surface area is 118 Å². The Kier molecular flexibility index (Phi) is 3.87. The van der Waals surface area contributed by atoms with Gasteiger partial charge in [0.2, 0.25) is 0 Å². The summed E-state index contributed by atoms with van der Waals surface area (Å²) in [6.45, 7) is 4.66. The van der Waals surface area contributed by atoms with Crippen LogP contribution in [0.25, 0.3) is 0 Å². The molecule has 0 spiro atoms. The first-order valence-electron chi connectivity index (χ1n) is 7.03. The van der Waals surface area contributed by atoms with Gasteiger partial charge in [-0.3, -0.25) is 4.98 Å². The maximum Gasteiger partial charge on any atom is 0.134 e. The first-order chi connectivity index (χ1) is 9.83. The highest BCUT2D eigenvalue weighted by molar-refractivity contribution is 5.47. The van der Waals surface area contributed by atoms with E-state index in [1.165, 1.54) is 16.8 Å². The standard InChI is InChI=1S/C15H19N5/c1-11-19-14-5-7-17-10-13(14)15(20-11)18-8-4-12-3-2-6-16-9-12/h2-3,6,9,17H,4-5,7-8,10H2,1H3,(H,18,19,20). The van der Waals surface area contributed by atoms with Gasteiger partial charge in [-0.1, -0.05) is 6.07 Å². The van der Waals surface area contributed by atoms with E-state index in [0.29, 0.717) is 0 Å². The van der Waals surface area contributed by atoms with Gasteiger partial charge in [-0.2, -0.15) is 0 Å². The summed E-state index contributed by atoms with van der Waals surface area (Å²) in [6.07, 6.45) is 5.63. The molecule has 0 atom stereocenters. The second-order valence-electron chi connectivity index (χ2n) is 5.01. The van der Waals surface area contributed by atoms with Crippen LogP contribution in [-0.2, 0) is 19.4 Å². The number of hydrogen-bond acceptors (Lipinski definition) is 5. The summed E-state index contributed by atoms with van der Waals surface area (Å²) in [5.41, 5.74) is 3.63. The van der Waals surface area contributed by atoms with Crippen LogP contribution in [0.1, 0.15) is 22.6 Å². The van der Waals surface area contributed by atoms with E-state index in [0.717, 1.165) is 44.1 Å². The van der Waals surface area contributed by atoms with Gasteiger partial charge in [0.1, 0.15) is 11.6 Å². The molecule has 1 aliphatic rings. The van der Waals surface area contributed by atoms with Gasteiger partial charge in [-0.15, -0.1) is 0 Å². The van der Waals surface area contributed by atoms with E-state index in [1.807, 2.05) is 19.2 Å². The summed E-state index contributed by atoms with van der Waals surface area (Å²) in [7, 11) is 0. The van der Waals surface area contributed by atoms with Crippen molar-refractivity contribution in [2.24, 2.45) is 0 Å². The molecule has 1 aliphatic heterocycles. The molecule has 0 radical (unpaired) electrons. The number of rotatable bonds is 4. The molecule has 0 unspecified atom stereocenters. The zero-order chi connectivity index (χ0) is 13.8. The van der Waals surface area contributed by atoms with E-state index in [-0.39, 0.29) is 0 Å². The fraction of sp³-hybridized carbons (Fsp3) is 0.400. The van der Waals surface area contributed by atoms with E-state index in [4.69, 9.17) is 0 Å². The maximum absolute atomic E-state index is 4.54. The summed E-state index contributed by atoms with van der Waals surface area (Å²) < 4.78 is 0. The van der Waals surface area contributed by atoms with Gasteiger partial charge in [-0.25, -0.2) is 9.97 Å². The Morgan fingerprint density at radius 1 is 1.35 bits per heavy atom. The topological polar surface area (TPSA) is 62.7 Å². The van der Waals surface area contributed by atoms with Gasteiger partial charge < -0.3 is 10.6 Å². The second kappa shape index (κ2) is 5.96. The van der Waals surface area contributed by atoms with Gasteiger partial charge in [-0.05, 0) is 25.0 Å². The smallest absolute Gasteiger partial charge is 0.134 e. The number of anilines is 1. The number of aromatic nitrogens is 3. The summed E-state index contributed by atoms with van der Waals surface area (Å²) in [4.78, 5) is 13.2. The fourth-order valence-electron chi connectivity index (χ4n) is 2.48. The average Bonchev–Trinajstić information content (AvgIpc) is 2.48. The summed E-state index contributed by atoms with van der Waals surface area (Å²) in [5.74, 6) is 1.82. The molecule has 2 aromatic rings. The Hall–Kier alpha value is -2.01. The first kappa shape index (κ1) is 13.0. The third-order valence-corrected chi connectivity index (χ3v) is 3.47. The molecule has 0 fully saturated rings. The number of fused-ring (bicyclic) bond motifs is 1. The van der Waals surface area contributed by atoms with Gasteiger partial charge in [0.25, 0.3) is 0 Å². The van der Waals surface area contributed by atoms with Crippen molar-refractivity contribution in [1.29, 1.82) is 0 Å². The Morgan fingerprint density at radius 2 is 2.30 bits per heavy atom. The predicted octanol–water partition coefficient (Wildman–Crippen LogP) is 1.48. The van der Waals surface area contributed by atoms with E-state index >= 15 is 0 Å². The molecule has 2 N–H and O–H groups in total. The van der Waals surface area contributed by atoms with Crippen molar-refractivity contribution in [2.45, 2.75) is 26.3 Å². The van der Waals surface area contributed by atoms with Crippen LogP contribution in [-0.4, -0.2) is 28.0 Å². The predicted molar refractivity (Wildman–Crippen MR) is 78.6 cm³/mol. The lowest BCUT2D eigenvalue weighted by Gasteiger charge is -2.20. The number of pyridine rings is 1. The zero-order valence-electron chi connectivity index (χ0n) is 11.7. The molecular formula is C15H19N5. The summed E-state index contributed by atoms with van der Waals surface area (Å²) in [5, 5.41) is 6.82. The largest absolute Gasteiger partial charge is 0.369 e. The van der Waals surface area contributed by atoms with Crippen LogP contribution in [0, 0.1) is 6.92 Å². The number of hydrogen-bond donors (Lipinski definition) is 2. The Balaban J connectivity index is 1.69. The van der Waals surface area contributed by atoms with E-state index in [9.17, 15) is 0 Å². The van der Waals surface area contributed by atoms with Crippen molar-refractivity contribution < 1.29 is 0 Å². The van der Waals surface area contributed by atoms with E-state index in [2.05, 4.69) is 31.7 Å². The lowest BCUT2D eigenvalue weighted by Crippen LogP contribution is -2.27. The molecule has 0 bridgehead atoms. The molecule has 20 heavy (non-hydrogen) atoms. The molecule has 5 nitrogen and oxygen atoms in total. The number of nitrogens with one attached hydrogen (secondary N) is 2. The highest BCUT2D eigenvalue weighted by Gasteiger charge is 2.15. The number of aryl methyl sites for hydroxylation is 1. The monoisotopic (exact) mass is 269 g/mol. The number of nitrogens with zero attached hydrogens (tertiary/aromatic N) is 3. The molecule has 0 aromatic carbocycles. The fourth-order valence-corrected chi connectivity index (χ4v) is 2.48. The van der Waals surface area contributed by atoms with E-state index < -0.39 is 0 Å². The zero-order valence-corrected chi connectivity index (χ0v) is 11.7. The van der Waals surface area contributed by atoms with Crippen LogP contribution in [0.3, 0.4) is 0 Å². The van der Waals surface area contributed by atoms with Gasteiger partial charge in [0, 0.05) is 44.0 Å². The minimum absolute atomic E-state index is 0.842. The van der Waals surface area contributed by atoms with Gasteiger partial charge in [0.15, 0.2) is 0 Å². The minimum Gasteiger partial charge on any atom is -0.369 e. The molecule has 3 heterocycles. The molecule has 0 amide bonds. The average molecular weight is 269 g/mol. The molecule has 0 saturated heterocycles. The molecule has 0 saturated carbocycles. The lowest BCUT2D eigenvalue weighted by molar-refractivity contribution is 0.624. The molecule has 0 aliphatic carbocycles. The minimum atomic E-state index is 0.842. The third kappa shape index (κ3) is 2.93. The van der Waals surface area contributed by atoms with Crippen molar-refractivity contribution in [3.8, 4) is 0 Å². The SMILES string of the molecule is Cc1nc2c(c(NCCc3cccnc3)n1)CNCC2. The van der Waals surface area contributed by atoms with Crippen LogP contribution < -0.4 is 10.6 Å². The normalized spacial score (nSPS) is 13.8. The van der Waals surface area contributed by atoms with Crippen LogP contribution in [0.5, 0.6) is 0 Å². The second-order valence-corrected chi connectivity index (χ2v) is 5.01. The Morgan fingerprint density at radius 3 is 3.15 bits per heavy atom.